The van der Waals surface area contributed by atoms with Gasteiger partial charge < -0.3 is 20.9 Å². The summed E-state index contributed by atoms with van der Waals surface area (Å²) in [6.45, 7) is 0.770. The van der Waals surface area contributed by atoms with Crippen LogP contribution in [0.5, 0.6) is 5.75 Å². The Morgan fingerprint density at radius 3 is 2.62 bits per heavy atom. The number of hydrogen-bond donors (Lipinski definition) is 3. The van der Waals surface area contributed by atoms with Crippen LogP contribution in [0.1, 0.15) is 11.1 Å². The molecule has 4 N–H and O–H groups in total. The number of nitrogens with one attached hydrogen (secondary N) is 1. The van der Waals surface area contributed by atoms with Crippen LogP contribution < -0.4 is 15.8 Å². The Labute approximate surface area is 131 Å². The molecule has 0 fully saturated rings. The molecule has 4 nitrogen and oxygen atoms in total. The van der Waals surface area contributed by atoms with Gasteiger partial charge in [0.1, 0.15) is 5.75 Å². The molecule has 0 aromatic heterocycles. The van der Waals surface area contributed by atoms with Crippen molar-refractivity contribution in [3.63, 3.8) is 0 Å². The van der Waals surface area contributed by atoms with Crippen molar-refractivity contribution in [2.45, 2.75) is 13.0 Å². The Kier molecular flexibility index (Phi) is 6.85. The van der Waals surface area contributed by atoms with E-state index in [1.165, 1.54) is 0 Å². The fraction of sp³-hybridized carbons (Fsp3) is 0.250. The first-order valence-corrected chi connectivity index (χ1v) is 6.59. The van der Waals surface area contributed by atoms with Crippen molar-refractivity contribution in [3.05, 3.63) is 53.6 Å². The number of benzene rings is 2. The van der Waals surface area contributed by atoms with Gasteiger partial charge in [0.25, 0.3) is 0 Å². The molecular formula is C16H21ClN2O2. The van der Waals surface area contributed by atoms with E-state index in [0.29, 0.717) is 18.7 Å². The van der Waals surface area contributed by atoms with E-state index in [-0.39, 0.29) is 19.0 Å². The van der Waals surface area contributed by atoms with Gasteiger partial charge in [-0.2, -0.15) is 0 Å². The summed E-state index contributed by atoms with van der Waals surface area (Å²) in [6.07, 6.45) is 0.565. The molecule has 0 radical (unpaired) electrons. The van der Waals surface area contributed by atoms with Crippen LogP contribution in [-0.4, -0.2) is 18.8 Å². The zero-order valence-electron chi connectivity index (χ0n) is 12.0. The Morgan fingerprint density at radius 1 is 1.14 bits per heavy atom. The summed E-state index contributed by atoms with van der Waals surface area (Å²) in [4.78, 5) is 0. The quantitative estimate of drug-likeness (QED) is 0.718. The van der Waals surface area contributed by atoms with Gasteiger partial charge in [0.2, 0.25) is 0 Å². The first-order chi connectivity index (χ1) is 9.74. The van der Waals surface area contributed by atoms with Crippen molar-refractivity contribution in [3.8, 4) is 5.75 Å². The van der Waals surface area contributed by atoms with Gasteiger partial charge in [0.05, 0.1) is 7.11 Å². The lowest BCUT2D eigenvalue weighted by Gasteiger charge is -2.12. The van der Waals surface area contributed by atoms with Crippen LogP contribution >= 0.6 is 12.4 Å². The predicted octanol–water partition coefficient (Wildman–Crippen LogP) is 2.85. The molecule has 0 bridgehead atoms. The topological polar surface area (TPSA) is 67.5 Å². The largest absolute Gasteiger partial charge is 0.496 e. The molecule has 5 heteroatoms. The van der Waals surface area contributed by atoms with Crippen LogP contribution in [0, 0.1) is 0 Å². The highest BCUT2D eigenvalue weighted by molar-refractivity contribution is 5.85. The standard InChI is InChI=1S/C16H20N2O2.ClH/c1-20-16-5-3-2-4-13(16)11-18-14-6-7-15(17)12(10-14)8-9-19;/h2-7,10,18-19H,8-9,11,17H2,1H3;1H. The van der Waals surface area contributed by atoms with Crippen LogP contribution in [0.4, 0.5) is 11.4 Å². The number of para-hydroxylation sites is 1. The number of nitrogen functional groups attached to an aromatic ring is 1. The van der Waals surface area contributed by atoms with Crippen LogP contribution in [-0.2, 0) is 13.0 Å². The molecule has 0 spiro atoms. The molecular weight excluding hydrogens is 288 g/mol. The van der Waals surface area contributed by atoms with Gasteiger partial charge in [0, 0.05) is 30.1 Å². The summed E-state index contributed by atoms with van der Waals surface area (Å²) >= 11 is 0. The van der Waals surface area contributed by atoms with E-state index >= 15 is 0 Å². The van der Waals surface area contributed by atoms with E-state index < -0.39 is 0 Å². The second-order valence-corrected chi connectivity index (χ2v) is 4.55. The lowest BCUT2D eigenvalue weighted by Crippen LogP contribution is -2.04. The maximum absolute atomic E-state index is 9.02. The first-order valence-electron chi connectivity index (χ1n) is 6.59. The second-order valence-electron chi connectivity index (χ2n) is 4.55. The minimum absolute atomic E-state index is 0. The lowest BCUT2D eigenvalue weighted by atomic mass is 10.1. The average Bonchev–Trinajstić information content (AvgIpc) is 2.48. The molecule has 0 aliphatic rings. The smallest absolute Gasteiger partial charge is 0.123 e. The third-order valence-electron chi connectivity index (χ3n) is 3.20. The summed E-state index contributed by atoms with van der Waals surface area (Å²) in [5.41, 5.74) is 9.61. The first kappa shape index (κ1) is 17.1. The zero-order valence-corrected chi connectivity index (χ0v) is 12.8. The summed E-state index contributed by atoms with van der Waals surface area (Å²) in [6, 6.07) is 13.7. The van der Waals surface area contributed by atoms with Gasteiger partial charge in [-0.15, -0.1) is 12.4 Å². The van der Waals surface area contributed by atoms with Crippen molar-refractivity contribution in [2.75, 3.05) is 24.8 Å². The maximum atomic E-state index is 9.02. The van der Waals surface area contributed by atoms with Gasteiger partial charge in [0.15, 0.2) is 0 Å². The molecule has 114 valence electrons. The minimum atomic E-state index is 0. The summed E-state index contributed by atoms with van der Waals surface area (Å²) < 4.78 is 5.32. The lowest BCUT2D eigenvalue weighted by molar-refractivity contribution is 0.300. The fourth-order valence-corrected chi connectivity index (χ4v) is 2.10. The number of anilines is 2. The van der Waals surface area contributed by atoms with E-state index in [2.05, 4.69) is 5.32 Å². The van der Waals surface area contributed by atoms with Crippen LogP contribution in [0.15, 0.2) is 42.5 Å². The molecule has 2 aromatic rings. The molecule has 0 saturated heterocycles. The second kappa shape index (κ2) is 8.39. The Morgan fingerprint density at radius 2 is 1.90 bits per heavy atom. The van der Waals surface area contributed by atoms with Crippen LogP contribution in [0.25, 0.3) is 0 Å². The van der Waals surface area contributed by atoms with Crippen LogP contribution in [0.3, 0.4) is 0 Å². The van der Waals surface area contributed by atoms with E-state index in [0.717, 1.165) is 22.6 Å². The van der Waals surface area contributed by atoms with E-state index in [1.807, 2.05) is 42.5 Å². The molecule has 0 unspecified atom stereocenters. The number of ether oxygens (including phenoxy) is 1. The molecule has 0 atom stereocenters. The van der Waals surface area contributed by atoms with Gasteiger partial charge in [-0.25, -0.2) is 0 Å². The van der Waals surface area contributed by atoms with E-state index in [1.54, 1.807) is 7.11 Å². The predicted molar refractivity (Wildman–Crippen MR) is 89.2 cm³/mol. The van der Waals surface area contributed by atoms with Crippen molar-refractivity contribution in [2.24, 2.45) is 0 Å². The molecule has 0 aliphatic heterocycles. The Hall–Kier alpha value is -1.91. The number of aliphatic hydroxyl groups is 1. The number of nitrogens with two attached hydrogens (primary N) is 1. The van der Waals surface area contributed by atoms with Gasteiger partial charge in [-0.1, -0.05) is 18.2 Å². The normalized spacial score (nSPS) is 9.81. The Balaban J connectivity index is 0.00000220. The number of rotatable bonds is 6. The van der Waals surface area contributed by atoms with Gasteiger partial charge in [-0.05, 0) is 36.2 Å². The third kappa shape index (κ3) is 4.55. The number of aliphatic hydroxyl groups excluding tert-OH is 1. The molecule has 0 heterocycles. The summed E-state index contributed by atoms with van der Waals surface area (Å²) in [5.74, 6) is 0.867. The SMILES string of the molecule is COc1ccccc1CNc1ccc(N)c(CCO)c1.Cl. The zero-order chi connectivity index (χ0) is 14.4. The minimum Gasteiger partial charge on any atom is -0.496 e. The molecule has 2 rings (SSSR count). The highest BCUT2D eigenvalue weighted by Gasteiger charge is 2.03. The van der Waals surface area contributed by atoms with Crippen LogP contribution in [0.2, 0.25) is 0 Å². The van der Waals surface area contributed by atoms with Crippen molar-refractivity contribution in [1.29, 1.82) is 0 Å². The van der Waals surface area contributed by atoms with Crippen molar-refractivity contribution >= 4 is 23.8 Å². The maximum Gasteiger partial charge on any atom is 0.123 e. The third-order valence-corrected chi connectivity index (χ3v) is 3.20. The molecule has 0 amide bonds. The highest BCUT2D eigenvalue weighted by atomic mass is 35.5. The van der Waals surface area contributed by atoms with E-state index in [4.69, 9.17) is 15.6 Å². The fourth-order valence-electron chi connectivity index (χ4n) is 2.10. The molecule has 0 aliphatic carbocycles. The average molecular weight is 309 g/mol. The van der Waals surface area contributed by atoms with Gasteiger partial charge >= 0.3 is 0 Å². The number of hydrogen-bond acceptors (Lipinski definition) is 4. The monoisotopic (exact) mass is 308 g/mol. The van der Waals surface area contributed by atoms with E-state index in [9.17, 15) is 0 Å². The van der Waals surface area contributed by atoms with Crippen molar-refractivity contribution in [1.82, 2.24) is 0 Å². The van der Waals surface area contributed by atoms with Crippen molar-refractivity contribution < 1.29 is 9.84 Å². The number of methoxy groups -OCH3 is 1. The highest BCUT2D eigenvalue weighted by Crippen LogP contribution is 2.21. The van der Waals surface area contributed by atoms with Gasteiger partial charge in [-0.3, -0.25) is 0 Å². The molecule has 21 heavy (non-hydrogen) atoms. The summed E-state index contributed by atoms with van der Waals surface area (Å²) in [7, 11) is 1.67. The molecule has 2 aromatic carbocycles. The Bertz CT molecular complexity index is 576. The number of halogens is 1. The summed E-state index contributed by atoms with van der Waals surface area (Å²) in [5, 5.41) is 12.4. The molecule has 0 saturated carbocycles.